The van der Waals surface area contributed by atoms with Crippen molar-refractivity contribution in [2.75, 3.05) is 0 Å². The fourth-order valence-corrected chi connectivity index (χ4v) is 1.94. The maximum Gasteiger partial charge on any atom is 0.260 e. The summed E-state index contributed by atoms with van der Waals surface area (Å²) in [6.45, 7) is 2.02. The van der Waals surface area contributed by atoms with E-state index in [2.05, 4.69) is 10.1 Å². The normalized spacial score (nSPS) is 12.3. The van der Waals surface area contributed by atoms with Gasteiger partial charge in [0.05, 0.1) is 0 Å². The Morgan fingerprint density at radius 1 is 1.00 bits per heavy atom. The first-order valence-electron chi connectivity index (χ1n) is 6.38. The molecule has 0 saturated heterocycles. The van der Waals surface area contributed by atoms with Crippen LogP contribution in [0.4, 0.5) is 0 Å². The number of hydrogen-bond donors (Lipinski definition) is 1. The summed E-state index contributed by atoms with van der Waals surface area (Å²) in [6.07, 6.45) is -0.900. The van der Waals surface area contributed by atoms with Crippen molar-refractivity contribution in [2.24, 2.45) is 0 Å². The summed E-state index contributed by atoms with van der Waals surface area (Å²) in [4.78, 5) is 4.26. The Morgan fingerprint density at radius 3 is 2.40 bits per heavy atom. The number of benzene rings is 2. The Balaban J connectivity index is 1.89. The van der Waals surface area contributed by atoms with Crippen LogP contribution in [0.5, 0.6) is 0 Å². The first-order chi connectivity index (χ1) is 9.74. The predicted octanol–water partition coefficient (Wildman–Crippen LogP) is 3.13. The van der Waals surface area contributed by atoms with Crippen molar-refractivity contribution in [3.63, 3.8) is 0 Å². The molecule has 0 spiro atoms. The van der Waals surface area contributed by atoms with Crippen molar-refractivity contribution in [3.8, 4) is 11.4 Å². The Kier molecular flexibility index (Phi) is 3.31. The number of rotatable bonds is 3. The quantitative estimate of drug-likeness (QED) is 0.791. The van der Waals surface area contributed by atoms with E-state index in [1.807, 2.05) is 61.5 Å². The Hall–Kier alpha value is -2.46. The topological polar surface area (TPSA) is 59.2 Å². The summed E-state index contributed by atoms with van der Waals surface area (Å²) >= 11 is 0. The zero-order chi connectivity index (χ0) is 13.9. The maximum absolute atomic E-state index is 10.2. The number of aliphatic hydroxyl groups is 1. The van der Waals surface area contributed by atoms with Gasteiger partial charge in [0.2, 0.25) is 5.82 Å². The number of nitrogens with zero attached hydrogens (tertiary/aromatic N) is 2. The molecular formula is C16H14N2O2. The molecule has 1 unspecified atom stereocenters. The van der Waals surface area contributed by atoms with Crippen molar-refractivity contribution >= 4 is 0 Å². The van der Waals surface area contributed by atoms with E-state index in [1.165, 1.54) is 5.56 Å². The van der Waals surface area contributed by atoms with Gasteiger partial charge in [-0.2, -0.15) is 4.98 Å². The SMILES string of the molecule is Cc1ccc(-c2noc(C(O)c3ccccc3)n2)cc1. The molecule has 0 radical (unpaired) electrons. The Labute approximate surface area is 116 Å². The molecule has 2 aromatic carbocycles. The van der Waals surface area contributed by atoms with E-state index < -0.39 is 6.10 Å². The summed E-state index contributed by atoms with van der Waals surface area (Å²) in [6, 6.07) is 17.1. The van der Waals surface area contributed by atoms with Crippen LogP contribution in [-0.2, 0) is 0 Å². The lowest BCUT2D eigenvalue weighted by Gasteiger charge is -2.04. The van der Waals surface area contributed by atoms with Gasteiger partial charge < -0.3 is 9.63 Å². The van der Waals surface area contributed by atoms with E-state index in [4.69, 9.17) is 4.52 Å². The van der Waals surface area contributed by atoms with Crippen LogP contribution in [0.2, 0.25) is 0 Å². The molecule has 1 atom stereocenters. The molecule has 20 heavy (non-hydrogen) atoms. The lowest BCUT2D eigenvalue weighted by Crippen LogP contribution is -1.99. The molecule has 0 aliphatic heterocycles. The van der Waals surface area contributed by atoms with Gasteiger partial charge in [0.25, 0.3) is 5.89 Å². The number of aromatic nitrogens is 2. The number of hydrogen-bond acceptors (Lipinski definition) is 4. The number of aryl methyl sites for hydroxylation is 1. The molecule has 4 nitrogen and oxygen atoms in total. The maximum atomic E-state index is 10.2. The van der Waals surface area contributed by atoms with Gasteiger partial charge in [-0.3, -0.25) is 0 Å². The molecule has 0 fully saturated rings. The van der Waals surface area contributed by atoms with Gasteiger partial charge in [0.15, 0.2) is 6.10 Å². The zero-order valence-corrected chi connectivity index (χ0v) is 11.0. The third-order valence-corrected chi connectivity index (χ3v) is 3.10. The average molecular weight is 266 g/mol. The lowest BCUT2D eigenvalue weighted by molar-refractivity contribution is 0.170. The van der Waals surface area contributed by atoms with Crippen molar-refractivity contribution in [2.45, 2.75) is 13.0 Å². The van der Waals surface area contributed by atoms with E-state index in [-0.39, 0.29) is 5.89 Å². The van der Waals surface area contributed by atoms with Gasteiger partial charge in [-0.1, -0.05) is 65.3 Å². The molecule has 0 saturated carbocycles. The first kappa shape index (κ1) is 12.6. The van der Waals surface area contributed by atoms with Gasteiger partial charge in [-0.05, 0) is 12.5 Å². The molecule has 1 heterocycles. The smallest absolute Gasteiger partial charge is 0.260 e. The minimum atomic E-state index is -0.900. The monoisotopic (exact) mass is 266 g/mol. The highest BCUT2D eigenvalue weighted by molar-refractivity contribution is 5.54. The molecular weight excluding hydrogens is 252 g/mol. The van der Waals surface area contributed by atoms with Crippen LogP contribution in [0.1, 0.15) is 23.1 Å². The largest absolute Gasteiger partial charge is 0.378 e. The van der Waals surface area contributed by atoms with Gasteiger partial charge in [0, 0.05) is 5.56 Å². The molecule has 1 aromatic heterocycles. The molecule has 0 bridgehead atoms. The van der Waals surface area contributed by atoms with Crippen LogP contribution in [0, 0.1) is 6.92 Å². The highest BCUT2D eigenvalue weighted by Gasteiger charge is 2.18. The average Bonchev–Trinajstić information content (AvgIpc) is 2.98. The van der Waals surface area contributed by atoms with Crippen molar-refractivity contribution in [1.82, 2.24) is 10.1 Å². The highest BCUT2D eigenvalue weighted by atomic mass is 16.5. The first-order valence-corrected chi connectivity index (χ1v) is 6.38. The van der Waals surface area contributed by atoms with Crippen molar-refractivity contribution in [1.29, 1.82) is 0 Å². The van der Waals surface area contributed by atoms with Crippen molar-refractivity contribution in [3.05, 3.63) is 71.6 Å². The number of aliphatic hydroxyl groups excluding tert-OH is 1. The third kappa shape index (κ3) is 2.46. The van der Waals surface area contributed by atoms with Crippen LogP contribution in [0.25, 0.3) is 11.4 Å². The van der Waals surface area contributed by atoms with Crippen LogP contribution in [0.3, 0.4) is 0 Å². The van der Waals surface area contributed by atoms with E-state index >= 15 is 0 Å². The molecule has 3 rings (SSSR count). The molecule has 0 aliphatic rings. The summed E-state index contributed by atoms with van der Waals surface area (Å²) in [5.74, 6) is 0.682. The molecule has 4 heteroatoms. The summed E-state index contributed by atoms with van der Waals surface area (Å²) in [5.41, 5.74) is 2.76. The van der Waals surface area contributed by atoms with Crippen LogP contribution >= 0.6 is 0 Å². The van der Waals surface area contributed by atoms with Gasteiger partial charge in [-0.15, -0.1) is 0 Å². The lowest BCUT2D eigenvalue weighted by atomic mass is 10.1. The van der Waals surface area contributed by atoms with Crippen LogP contribution in [-0.4, -0.2) is 15.2 Å². The van der Waals surface area contributed by atoms with E-state index in [1.54, 1.807) is 0 Å². The van der Waals surface area contributed by atoms with Crippen LogP contribution in [0.15, 0.2) is 59.1 Å². The second kappa shape index (κ2) is 5.27. The van der Waals surface area contributed by atoms with Crippen LogP contribution < -0.4 is 0 Å². The van der Waals surface area contributed by atoms with Crippen molar-refractivity contribution < 1.29 is 9.63 Å². The second-order valence-corrected chi connectivity index (χ2v) is 4.64. The molecule has 0 amide bonds. The minimum absolute atomic E-state index is 0.201. The van der Waals surface area contributed by atoms with Gasteiger partial charge >= 0.3 is 0 Å². The summed E-state index contributed by atoms with van der Waals surface area (Å²) < 4.78 is 5.15. The standard InChI is InChI=1S/C16H14N2O2/c1-11-7-9-13(10-8-11)15-17-16(20-18-15)14(19)12-5-3-2-4-6-12/h2-10,14,19H,1H3. The Morgan fingerprint density at radius 2 is 1.70 bits per heavy atom. The molecule has 0 aliphatic carbocycles. The minimum Gasteiger partial charge on any atom is -0.378 e. The molecule has 1 N–H and O–H groups in total. The predicted molar refractivity (Wildman–Crippen MR) is 75.0 cm³/mol. The summed E-state index contributed by atoms with van der Waals surface area (Å²) in [5, 5.41) is 14.1. The second-order valence-electron chi connectivity index (χ2n) is 4.64. The van der Waals surface area contributed by atoms with Gasteiger partial charge in [-0.25, -0.2) is 0 Å². The Bertz CT molecular complexity index is 690. The van der Waals surface area contributed by atoms with E-state index in [9.17, 15) is 5.11 Å². The fourth-order valence-electron chi connectivity index (χ4n) is 1.94. The van der Waals surface area contributed by atoms with E-state index in [0.717, 1.165) is 11.1 Å². The molecule has 100 valence electrons. The third-order valence-electron chi connectivity index (χ3n) is 3.10. The van der Waals surface area contributed by atoms with E-state index in [0.29, 0.717) is 5.82 Å². The highest BCUT2D eigenvalue weighted by Crippen LogP contribution is 2.23. The zero-order valence-electron chi connectivity index (χ0n) is 11.0. The fraction of sp³-hybridized carbons (Fsp3) is 0.125. The summed E-state index contributed by atoms with van der Waals surface area (Å²) in [7, 11) is 0. The van der Waals surface area contributed by atoms with Gasteiger partial charge in [0.1, 0.15) is 0 Å². The molecule has 3 aromatic rings.